The minimum Gasteiger partial charge on any atom is -0.444 e. The molecule has 1 amide bonds. The molecule has 0 unspecified atom stereocenters. The van der Waals surface area contributed by atoms with Crippen molar-refractivity contribution in [2.24, 2.45) is 0 Å². The molecule has 4 nitrogen and oxygen atoms in total. The van der Waals surface area contributed by atoms with E-state index in [2.05, 4.69) is 22.5 Å². The molecular weight excluding hydrogens is 274 g/mol. The number of carbonyl (C=O) groups excluding carboxylic acids is 1. The lowest BCUT2D eigenvalue weighted by Crippen LogP contribution is -2.33. The van der Waals surface area contributed by atoms with Crippen LogP contribution < -0.4 is 0 Å². The number of carbonyl (C=O) groups is 1. The molecule has 0 fully saturated rings. The third-order valence-corrected chi connectivity index (χ3v) is 2.41. The van der Waals surface area contributed by atoms with Crippen LogP contribution in [0.4, 0.5) is 0 Å². The lowest BCUT2D eigenvalue weighted by Gasteiger charge is -2.19. The van der Waals surface area contributed by atoms with Crippen molar-refractivity contribution >= 4 is 21.8 Å². The topological polar surface area (TPSA) is 42.7 Å². The van der Waals surface area contributed by atoms with Crippen LogP contribution in [-0.4, -0.2) is 37.6 Å². The van der Waals surface area contributed by atoms with Crippen molar-refractivity contribution in [1.82, 2.24) is 4.90 Å². The van der Waals surface area contributed by atoms with E-state index >= 15 is 0 Å². The van der Waals surface area contributed by atoms with Gasteiger partial charge in [0.15, 0.2) is 10.4 Å². The molecule has 1 rings (SSSR count). The third kappa shape index (κ3) is 3.50. The number of nitrogens with zero attached hydrogens (tertiary/aromatic N) is 1. The Morgan fingerprint density at radius 2 is 2.44 bits per heavy atom. The molecule has 0 saturated carbocycles. The highest BCUT2D eigenvalue weighted by Gasteiger charge is 2.17. The fraction of sp³-hybridized carbons (Fsp3) is 0.364. The van der Waals surface area contributed by atoms with E-state index < -0.39 is 0 Å². The van der Waals surface area contributed by atoms with Crippen molar-refractivity contribution < 1.29 is 13.9 Å². The van der Waals surface area contributed by atoms with Gasteiger partial charge in [0, 0.05) is 20.2 Å². The van der Waals surface area contributed by atoms with Crippen LogP contribution in [0.25, 0.3) is 0 Å². The summed E-state index contributed by atoms with van der Waals surface area (Å²) in [5, 5.41) is 0. The van der Waals surface area contributed by atoms with Crippen LogP contribution in [0.3, 0.4) is 0 Å². The van der Waals surface area contributed by atoms with Crippen LogP contribution in [0.2, 0.25) is 0 Å². The Hall–Kier alpha value is -1.07. The van der Waals surface area contributed by atoms with Crippen molar-refractivity contribution in [3.05, 3.63) is 35.2 Å². The predicted octanol–water partition coefficient (Wildman–Crippen LogP) is 2.32. The van der Waals surface area contributed by atoms with Crippen LogP contribution in [-0.2, 0) is 4.74 Å². The van der Waals surface area contributed by atoms with Gasteiger partial charge in [-0.2, -0.15) is 0 Å². The zero-order valence-corrected chi connectivity index (χ0v) is 10.7. The van der Waals surface area contributed by atoms with Gasteiger partial charge in [-0.25, -0.2) is 0 Å². The molecule has 0 radical (unpaired) electrons. The Morgan fingerprint density at radius 3 is 2.94 bits per heavy atom. The first kappa shape index (κ1) is 13.0. The van der Waals surface area contributed by atoms with Crippen molar-refractivity contribution in [3.63, 3.8) is 0 Å². The summed E-state index contributed by atoms with van der Waals surface area (Å²) in [6, 6.07) is 3.32. The lowest BCUT2D eigenvalue weighted by molar-refractivity contribution is 0.0686. The summed E-state index contributed by atoms with van der Waals surface area (Å²) in [5.41, 5.74) is 0. The van der Waals surface area contributed by atoms with Gasteiger partial charge in [-0.1, -0.05) is 6.08 Å². The average molecular weight is 288 g/mol. The van der Waals surface area contributed by atoms with Gasteiger partial charge in [-0.15, -0.1) is 6.58 Å². The summed E-state index contributed by atoms with van der Waals surface area (Å²) in [7, 11) is 1.60. The highest BCUT2D eigenvalue weighted by molar-refractivity contribution is 9.10. The van der Waals surface area contributed by atoms with Gasteiger partial charge in [-0.05, 0) is 28.1 Å². The summed E-state index contributed by atoms with van der Waals surface area (Å²) in [6.45, 7) is 5.09. The standard InChI is InChI=1S/C11H14BrNO3/c1-3-6-13(7-8-15-2)11(14)9-4-5-10(12)16-9/h3-5H,1,6-8H2,2H3. The predicted molar refractivity (Wildman–Crippen MR) is 64.4 cm³/mol. The number of hydrogen-bond acceptors (Lipinski definition) is 3. The Bertz CT molecular complexity index is 362. The third-order valence-electron chi connectivity index (χ3n) is 1.99. The Balaban J connectivity index is 2.69. The summed E-state index contributed by atoms with van der Waals surface area (Å²) >= 11 is 3.16. The van der Waals surface area contributed by atoms with E-state index in [1.54, 1.807) is 30.2 Å². The minimum absolute atomic E-state index is 0.164. The summed E-state index contributed by atoms with van der Waals surface area (Å²) in [6.07, 6.45) is 1.67. The number of halogens is 1. The van der Waals surface area contributed by atoms with E-state index in [4.69, 9.17) is 9.15 Å². The monoisotopic (exact) mass is 287 g/mol. The molecule has 0 spiro atoms. The van der Waals surface area contributed by atoms with Crippen molar-refractivity contribution in [1.29, 1.82) is 0 Å². The smallest absolute Gasteiger partial charge is 0.289 e. The van der Waals surface area contributed by atoms with Gasteiger partial charge in [0.25, 0.3) is 5.91 Å². The van der Waals surface area contributed by atoms with Crippen LogP contribution in [0.5, 0.6) is 0 Å². The normalized spacial score (nSPS) is 10.1. The fourth-order valence-corrected chi connectivity index (χ4v) is 1.52. The molecule has 1 aromatic rings. The van der Waals surface area contributed by atoms with E-state index in [1.165, 1.54) is 0 Å². The number of amides is 1. The molecule has 16 heavy (non-hydrogen) atoms. The van der Waals surface area contributed by atoms with Gasteiger partial charge in [0.1, 0.15) is 0 Å². The Labute approximate surface area is 103 Å². The second-order valence-electron chi connectivity index (χ2n) is 3.14. The number of methoxy groups -OCH3 is 1. The highest BCUT2D eigenvalue weighted by Crippen LogP contribution is 2.15. The zero-order valence-electron chi connectivity index (χ0n) is 9.11. The van der Waals surface area contributed by atoms with Gasteiger partial charge in [0.05, 0.1) is 6.61 Å². The number of rotatable bonds is 6. The maximum Gasteiger partial charge on any atom is 0.289 e. The fourth-order valence-electron chi connectivity index (χ4n) is 1.22. The van der Waals surface area contributed by atoms with Gasteiger partial charge >= 0.3 is 0 Å². The molecule has 1 aromatic heterocycles. The van der Waals surface area contributed by atoms with Crippen molar-refractivity contribution in [2.45, 2.75) is 0 Å². The Kier molecular flexibility index (Phi) is 5.28. The van der Waals surface area contributed by atoms with Crippen LogP contribution in [0.15, 0.2) is 33.9 Å². The summed E-state index contributed by atoms with van der Waals surface area (Å²) in [4.78, 5) is 13.6. The highest BCUT2D eigenvalue weighted by atomic mass is 79.9. The van der Waals surface area contributed by atoms with Crippen LogP contribution >= 0.6 is 15.9 Å². The number of ether oxygens (including phenoxy) is 1. The second kappa shape index (κ2) is 6.50. The molecule has 0 atom stereocenters. The van der Waals surface area contributed by atoms with Crippen LogP contribution in [0.1, 0.15) is 10.6 Å². The van der Waals surface area contributed by atoms with Gasteiger partial charge in [-0.3, -0.25) is 4.79 Å². The molecule has 0 aliphatic heterocycles. The second-order valence-corrected chi connectivity index (χ2v) is 3.92. The maximum atomic E-state index is 12.0. The molecule has 5 heteroatoms. The van der Waals surface area contributed by atoms with Crippen molar-refractivity contribution in [2.75, 3.05) is 26.8 Å². The largest absolute Gasteiger partial charge is 0.444 e. The minimum atomic E-state index is -0.164. The summed E-state index contributed by atoms with van der Waals surface area (Å²) in [5.74, 6) is 0.146. The molecule has 0 bridgehead atoms. The van der Waals surface area contributed by atoms with E-state index in [-0.39, 0.29) is 5.91 Å². The van der Waals surface area contributed by atoms with Crippen molar-refractivity contribution in [3.8, 4) is 0 Å². The first-order valence-corrected chi connectivity index (χ1v) is 5.62. The summed E-state index contributed by atoms with van der Waals surface area (Å²) < 4.78 is 10.7. The molecule has 88 valence electrons. The Morgan fingerprint density at radius 1 is 1.69 bits per heavy atom. The average Bonchev–Trinajstić information content (AvgIpc) is 2.70. The van der Waals surface area contributed by atoms with E-state index in [0.29, 0.717) is 30.1 Å². The molecule has 0 aliphatic rings. The maximum absolute atomic E-state index is 12.0. The van der Waals surface area contributed by atoms with Gasteiger partial charge < -0.3 is 14.1 Å². The molecule has 0 aromatic carbocycles. The number of hydrogen-bond donors (Lipinski definition) is 0. The molecule has 1 heterocycles. The van der Waals surface area contributed by atoms with E-state index in [1.807, 2.05) is 0 Å². The van der Waals surface area contributed by atoms with Crippen LogP contribution in [0, 0.1) is 0 Å². The molecule has 0 N–H and O–H groups in total. The lowest BCUT2D eigenvalue weighted by atomic mass is 10.3. The first-order valence-electron chi connectivity index (χ1n) is 4.83. The molecule has 0 aliphatic carbocycles. The molecular formula is C11H14BrNO3. The SMILES string of the molecule is C=CCN(CCOC)C(=O)c1ccc(Br)o1. The van der Waals surface area contributed by atoms with E-state index in [0.717, 1.165) is 0 Å². The first-order chi connectivity index (χ1) is 7.69. The van der Waals surface area contributed by atoms with Gasteiger partial charge in [0.2, 0.25) is 0 Å². The molecule has 0 saturated heterocycles. The quantitative estimate of drug-likeness (QED) is 0.754. The zero-order chi connectivity index (χ0) is 12.0. The number of furan rings is 1. The van der Waals surface area contributed by atoms with E-state index in [9.17, 15) is 4.79 Å².